The molecule has 0 radical (unpaired) electrons. The van der Waals surface area contributed by atoms with Crippen LogP contribution >= 0.6 is 0 Å². The van der Waals surface area contributed by atoms with Crippen molar-refractivity contribution in [2.24, 2.45) is 0 Å². The molecule has 1 N–H and O–H groups in total. The van der Waals surface area contributed by atoms with Crippen LogP contribution in [0.3, 0.4) is 0 Å². The van der Waals surface area contributed by atoms with E-state index in [9.17, 15) is 9.59 Å². The highest BCUT2D eigenvalue weighted by Crippen LogP contribution is 2.21. The normalized spacial score (nSPS) is 10.8. The van der Waals surface area contributed by atoms with Crippen LogP contribution in [0.2, 0.25) is 0 Å². The van der Waals surface area contributed by atoms with Crippen LogP contribution < -0.4 is 15.6 Å². The third-order valence-corrected chi connectivity index (χ3v) is 6.11. The Labute approximate surface area is 228 Å². The zero-order valence-electron chi connectivity index (χ0n) is 21.1. The van der Waals surface area contributed by atoms with Crippen molar-refractivity contribution in [3.63, 3.8) is 0 Å². The van der Waals surface area contributed by atoms with Crippen LogP contribution in [0.4, 0.5) is 5.69 Å². The Balaban J connectivity index is 1.31. The number of hydrogen-bond donors (Lipinski definition) is 1. The average Bonchev–Trinajstić information content (AvgIpc) is 2.99. The van der Waals surface area contributed by atoms with E-state index in [0.717, 1.165) is 5.56 Å². The Morgan fingerprint density at radius 3 is 2.45 bits per heavy atom. The summed E-state index contributed by atoms with van der Waals surface area (Å²) in [5, 5.41) is 2.90. The van der Waals surface area contributed by atoms with E-state index < -0.39 is 0 Å². The molecular formula is C31H22N6O3. The van der Waals surface area contributed by atoms with Gasteiger partial charge in [-0.1, -0.05) is 42.5 Å². The SMILES string of the molecule is O=C(Nc1cccc(-n2c(=O)c(Cc3ccccc3)nc3cccnc32)c1)c1cccc(Oc2ncccn2)c1. The molecule has 0 fully saturated rings. The zero-order valence-corrected chi connectivity index (χ0v) is 21.1. The van der Waals surface area contributed by atoms with Gasteiger partial charge in [-0.15, -0.1) is 0 Å². The first-order valence-corrected chi connectivity index (χ1v) is 12.5. The predicted molar refractivity (Wildman–Crippen MR) is 151 cm³/mol. The third kappa shape index (κ3) is 5.30. The van der Waals surface area contributed by atoms with Crippen LogP contribution in [-0.2, 0) is 6.42 Å². The molecule has 1 amide bonds. The molecule has 0 aliphatic carbocycles. The number of anilines is 1. The third-order valence-electron chi connectivity index (χ3n) is 6.11. The van der Waals surface area contributed by atoms with E-state index >= 15 is 0 Å². The standard InChI is InChI=1S/C31H22N6O3/c38-29(22-10-4-13-25(19-22)40-31-33-16-7-17-34-31)35-23-11-5-12-24(20-23)37-28-26(14-6-15-32-28)36-27(30(37)39)18-21-8-2-1-3-9-21/h1-17,19-20H,18H2,(H,35,38). The summed E-state index contributed by atoms with van der Waals surface area (Å²) in [4.78, 5) is 43.9. The van der Waals surface area contributed by atoms with Crippen molar-refractivity contribution < 1.29 is 9.53 Å². The van der Waals surface area contributed by atoms with E-state index in [1.807, 2.05) is 36.4 Å². The van der Waals surface area contributed by atoms with Gasteiger partial charge in [0.2, 0.25) is 0 Å². The van der Waals surface area contributed by atoms with Gasteiger partial charge in [0.05, 0.1) is 5.69 Å². The number of fused-ring (bicyclic) bond motifs is 1. The highest BCUT2D eigenvalue weighted by atomic mass is 16.5. The summed E-state index contributed by atoms with van der Waals surface area (Å²) in [5.74, 6) is 0.0887. The molecule has 9 nitrogen and oxygen atoms in total. The Kier molecular flexibility index (Phi) is 6.75. The molecule has 0 spiro atoms. The minimum absolute atomic E-state index is 0.183. The summed E-state index contributed by atoms with van der Waals surface area (Å²) >= 11 is 0. The van der Waals surface area contributed by atoms with Crippen molar-refractivity contribution >= 4 is 22.8 Å². The predicted octanol–water partition coefficient (Wildman–Crippen LogP) is 5.21. The Morgan fingerprint density at radius 2 is 1.60 bits per heavy atom. The lowest BCUT2D eigenvalue weighted by molar-refractivity contribution is 0.102. The van der Waals surface area contributed by atoms with Crippen molar-refractivity contribution in [1.29, 1.82) is 0 Å². The van der Waals surface area contributed by atoms with Crippen LogP contribution in [0.25, 0.3) is 16.9 Å². The minimum atomic E-state index is -0.341. The summed E-state index contributed by atoms with van der Waals surface area (Å²) in [6, 6.07) is 29.0. The van der Waals surface area contributed by atoms with Crippen LogP contribution in [0.15, 0.2) is 120 Å². The number of nitrogens with one attached hydrogen (secondary N) is 1. The molecule has 0 aliphatic heterocycles. The number of carbonyl (C=O) groups excluding carboxylic acids is 1. The van der Waals surface area contributed by atoms with Gasteiger partial charge in [-0.25, -0.2) is 19.9 Å². The number of rotatable bonds is 7. The fraction of sp³-hybridized carbons (Fsp3) is 0.0323. The van der Waals surface area contributed by atoms with Crippen molar-refractivity contribution in [3.05, 3.63) is 143 Å². The minimum Gasteiger partial charge on any atom is -0.424 e. The van der Waals surface area contributed by atoms with Crippen molar-refractivity contribution in [2.45, 2.75) is 6.42 Å². The molecule has 194 valence electrons. The summed E-state index contributed by atoms with van der Waals surface area (Å²) in [7, 11) is 0. The maximum Gasteiger partial charge on any atom is 0.321 e. The second-order valence-electron chi connectivity index (χ2n) is 8.87. The summed E-state index contributed by atoms with van der Waals surface area (Å²) in [6.07, 6.45) is 5.15. The highest BCUT2D eigenvalue weighted by molar-refractivity contribution is 6.04. The Hall–Kier alpha value is -5.70. The van der Waals surface area contributed by atoms with Crippen LogP contribution in [0.1, 0.15) is 21.6 Å². The highest BCUT2D eigenvalue weighted by Gasteiger charge is 2.15. The Morgan fingerprint density at radius 1 is 0.800 bits per heavy atom. The van der Waals surface area contributed by atoms with Crippen molar-refractivity contribution in [2.75, 3.05) is 5.32 Å². The quantitative estimate of drug-likeness (QED) is 0.304. The van der Waals surface area contributed by atoms with E-state index in [1.165, 1.54) is 4.57 Å². The molecule has 9 heteroatoms. The molecule has 3 heterocycles. The molecule has 6 aromatic rings. The van der Waals surface area contributed by atoms with Crippen LogP contribution in [-0.4, -0.2) is 30.4 Å². The molecule has 0 saturated heterocycles. The first kappa shape index (κ1) is 24.6. The number of amides is 1. The van der Waals surface area contributed by atoms with Gasteiger partial charge in [0.25, 0.3) is 11.5 Å². The van der Waals surface area contributed by atoms with Gasteiger partial charge >= 0.3 is 6.01 Å². The average molecular weight is 527 g/mol. The van der Waals surface area contributed by atoms with Gasteiger partial charge in [0, 0.05) is 36.3 Å². The van der Waals surface area contributed by atoms with Gasteiger partial charge in [-0.3, -0.25) is 14.2 Å². The van der Waals surface area contributed by atoms with Gasteiger partial charge in [-0.2, -0.15) is 0 Å². The maximum absolute atomic E-state index is 13.7. The van der Waals surface area contributed by atoms with Crippen molar-refractivity contribution in [1.82, 2.24) is 24.5 Å². The number of benzene rings is 3. The lowest BCUT2D eigenvalue weighted by atomic mass is 10.1. The van der Waals surface area contributed by atoms with Gasteiger partial charge in [-0.05, 0) is 60.2 Å². The zero-order chi connectivity index (χ0) is 27.3. The summed E-state index contributed by atoms with van der Waals surface area (Å²) < 4.78 is 7.18. The molecule has 3 aromatic heterocycles. The lowest BCUT2D eigenvalue weighted by Crippen LogP contribution is -2.25. The second kappa shape index (κ2) is 11.0. The van der Waals surface area contributed by atoms with Gasteiger partial charge < -0.3 is 10.1 Å². The van der Waals surface area contributed by atoms with E-state index in [4.69, 9.17) is 4.74 Å². The van der Waals surface area contributed by atoms with E-state index in [2.05, 4.69) is 25.3 Å². The smallest absolute Gasteiger partial charge is 0.321 e. The number of carbonyl (C=O) groups is 1. The molecule has 3 aromatic carbocycles. The van der Waals surface area contributed by atoms with Gasteiger partial charge in [0.15, 0.2) is 5.65 Å². The van der Waals surface area contributed by atoms with E-state index in [1.54, 1.807) is 79.3 Å². The summed E-state index contributed by atoms with van der Waals surface area (Å²) in [6.45, 7) is 0. The number of aromatic nitrogens is 5. The molecule has 0 unspecified atom stereocenters. The van der Waals surface area contributed by atoms with Gasteiger partial charge in [0.1, 0.15) is 17.0 Å². The molecule has 0 aliphatic rings. The lowest BCUT2D eigenvalue weighted by Gasteiger charge is -2.13. The molecule has 0 saturated carbocycles. The fourth-order valence-electron chi connectivity index (χ4n) is 4.28. The molecular weight excluding hydrogens is 504 g/mol. The Bertz CT molecular complexity index is 1870. The van der Waals surface area contributed by atoms with Crippen molar-refractivity contribution in [3.8, 4) is 17.4 Å². The first-order valence-electron chi connectivity index (χ1n) is 12.5. The monoisotopic (exact) mass is 526 g/mol. The number of hydrogen-bond acceptors (Lipinski definition) is 7. The maximum atomic E-state index is 13.7. The number of nitrogens with zero attached hydrogens (tertiary/aromatic N) is 5. The second-order valence-corrected chi connectivity index (χ2v) is 8.87. The molecule has 40 heavy (non-hydrogen) atoms. The fourth-order valence-corrected chi connectivity index (χ4v) is 4.28. The van der Waals surface area contributed by atoms with E-state index in [0.29, 0.717) is 46.0 Å². The topological polar surface area (TPSA) is 112 Å². The first-order chi connectivity index (χ1) is 19.6. The summed E-state index contributed by atoms with van der Waals surface area (Å²) in [5.41, 5.74) is 3.60. The largest absolute Gasteiger partial charge is 0.424 e. The van der Waals surface area contributed by atoms with Crippen LogP contribution in [0.5, 0.6) is 11.8 Å². The van der Waals surface area contributed by atoms with E-state index in [-0.39, 0.29) is 17.5 Å². The number of ether oxygens (including phenoxy) is 1. The molecule has 6 rings (SSSR count). The van der Waals surface area contributed by atoms with Crippen LogP contribution in [0, 0.1) is 0 Å². The molecule has 0 atom stereocenters. The molecule has 0 bridgehead atoms. The number of pyridine rings is 1.